The van der Waals surface area contributed by atoms with Gasteiger partial charge in [-0.2, -0.15) is 0 Å². The minimum absolute atomic E-state index is 0.0411. The number of primary amides is 1. The van der Waals surface area contributed by atoms with Gasteiger partial charge in [0.2, 0.25) is 17.7 Å². The fraction of sp³-hybridized carbons (Fsp3) is 0.571. The molecule has 204 valence electrons. The number of alkyl carbamates (subject to hydrolysis) is 1. The zero-order chi connectivity index (χ0) is 28.2. The van der Waals surface area contributed by atoms with Crippen LogP contribution in [0.15, 0.2) is 24.3 Å². The second kappa shape index (κ2) is 14.9. The van der Waals surface area contributed by atoms with Crippen molar-refractivity contribution in [1.29, 1.82) is 0 Å². The van der Waals surface area contributed by atoms with Crippen LogP contribution in [0.5, 0.6) is 0 Å². The molecule has 37 heavy (non-hydrogen) atoms. The molecule has 0 aliphatic rings. The van der Waals surface area contributed by atoms with E-state index in [0.29, 0.717) is 24.1 Å². The van der Waals surface area contributed by atoms with Gasteiger partial charge in [0.25, 0.3) is 0 Å². The third-order valence-corrected chi connectivity index (χ3v) is 5.74. The number of benzene rings is 1. The van der Waals surface area contributed by atoms with Crippen molar-refractivity contribution in [2.75, 3.05) is 6.54 Å². The second-order valence-electron chi connectivity index (χ2n) is 10.0. The summed E-state index contributed by atoms with van der Waals surface area (Å²) in [7, 11) is 0. The first-order chi connectivity index (χ1) is 17.3. The molecule has 9 heteroatoms. The molecule has 0 spiro atoms. The highest BCUT2D eigenvalue weighted by Crippen LogP contribution is 2.27. The number of carbonyl (C=O) groups is 4. The molecular weight excluding hydrogens is 472 g/mol. The molecule has 0 aliphatic carbocycles. The lowest BCUT2D eigenvalue weighted by Crippen LogP contribution is -2.55. The number of nitrogens with two attached hydrogens (primary N) is 1. The molecule has 0 radical (unpaired) electrons. The minimum atomic E-state index is -1.13. The van der Waals surface area contributed by atoms with Gasteiger partial charge in [-0.05, 0) is 64.7 Å². The Bertz CT molecular complexity index is 962. The van der Waals surface area contributed by atoms with Crippen LogP contribution in [0.1, 0.15) is 90.8 Å². The van der Waals surface area contributed by atoms with E-state index in [4.69, 9.17) is 16.9 Å². The van der Waals surface area contributed by atoms with Gasteiger partial charge in [-0.15, -0.1) is 6.42 Å². The molecule has 0 fully saturated rings. The summed E-state index contributed by atoms with van der Waals surface area (Å²) < 4.78 is 5.34. The molecule has 9 nitrogen and oxygen atoms in total. The van der Waals surface area contributed by atoms with Gasteiger partial charge in [-0.3, -0.25) is 14.4 Å². The lowest BCUT2D eigenvalue weighted by atomic mass is 9.98. The number of rotatable bonds is 13. The number of unbranched alkanes of at least 4 members (excludes halogenated alkanes) is 1. The molecule has 3 unspecified atom stereocenters. The van der Waals surface area contributed by atoms with Gasteiger partial charge in [0, 0.05) is 24.6 Å². The third kappa shape index (κ3) is 10.5. The number of carbonyl (C=O) groups excluding carboxylic acids is 4. The smallest absolute Gasteiger partial charge is 0.408 e. The van der Waals surface area contributed by atoms with Crippen molar-refractivity contribution >= 4 is 23.8 Å². The Labute approximate surface area is 220 Å². The topological polar surface area (TPSA) is 131 Å². The SMILES string of the molecule is C#Cc1ccc(C(C(=O)NCCCC)N(C(=O)C(CCC(N)=O)NC(=O)OC(C)(C)C)C(C)CC)cc1. The van der Waals surface area contributed by atoms with E-state index in [1.165, 1.54) is 4.90 Å². The summed E-state index contributed by atoms with van der Waals surface area (Å²) in [5.41, 5.74) is 5.77. The maximum atomic E-state index is 14.0. The Morgan fingerprint density at radius 1 is 1.14 bits per heavy atom. The highest BCUT2D eigenvalue weighted by atomic mass is 16.6. The number of terminal acetylenes is 1. The van der Waals surface area contributed by atoms with E-state index in [2.05, 4.69) is 16.6 Å². The van der Waals surface area contributed by atoms with Crippen molar-refractivity contribution < 1.29 is 23.9 Å². The summed E-state index contributed by atoms with van der Waals surface area (Å²) >= 11 is 0. The quantitative estimate of drug-likeness (QED) is 0.274. The van der Waals surface area contributed by atoms with Crippen molar-refractivity contribution in [1.82, 2.24) is 15.5 Å². The van der Waals surface area contributed by atoms with Crippen LogP contribution in [0.25, 0.3) is 0 Å². The van der Waals surface area contributed by atoms with Gasteiger partial charge < -0.3 is 26.0 Å². The Morgan fingerprint density at radius 2 is 1.76 bits per heavy atom. The van der Waals surface area contributed by atoms with Crippen LogP contribution in [-0.4, -0.2) is 52.9 Å². The number of hydrogen-bond donors (Lipinski definition) is 3. The van der Waals surface area contributed by atoms with Crippen LogP contribution in [0.2, 0.25) is 0 Å². The van der Waals surface area contributed by atoms with E-state index in [1.54, 1.807) is 45.0 Å². The lowest BCUT2D eigenvalue weighted by Gasteiger charge is -2.38. The molecule has 0 aliphatic heterocycles. The fourth-order valence-electron chi connectivity index (χ4n) is 3.65. The first-order valence-corrected chi connectivity index (χ1v) is 12.8. The zero-order valence-corrected chi connectivity index (χ0v) is 22.9. The fourth-order valence-corrected chi connectivity index (χ4v) is 3.65. The Hall–Kier alpha value is -3.54. The van der Waals surface area contributed by atoms with Crippen LogP contribution >= 0.6 is 0 Å². The van der Waals surface area contributed by atoms with Gasteiger partial charge in [-0.1, -0.05) is 38.3 Å². The average molecular weight is 515 g/mol. The number of nitrogens with zero attached hydrogens (tertiary/aromatic N) is 1. The molecule has 1 aromatic carbocycles. The van der Waals surface area contributed by atoms with Crippen molar-refractivity contribution in [3.63, 3.8) is 0 Å². The zero-order valence-electron chi connectivity index (χ0n) is 22.9. The molecule has 0 aromatic heterocycles. The summed E-state index contributed by atoms with van der Waals surface area (Å²) in [5, 5.41) is 5.51. The molecule has 3 atom stereocenters. The van der Waals surface area contributed by atoms with Crippen molar-refractivity contribution in [2.45, 2.75) is 97.4 Å². The normalized spacial score (nSPS) is 13.4. The maximum Gasteiger partial charge on any atom is 0.408 e. The van der Waals surface area contributed by atoms with E-state index in [9.17, 15) is 19.2 Å². The van der Waals surface area contributed by atoms with Gasteiger partial charge in [-0.25, -0.2) is 4.79 Å². The molecule has 4 N–H and O–H groups in total. The van der Waals surface area contributed by atoms with Gasteiger partial charge >= 0.3 is 6.09 Å². The predicted molar refractivity (Wildman–Crippen MR) is 143 cm³/mol. The Morgan fingerprint density at radius 3 is 2.24 bits per heavy atom. The Balaban J connectivity index is 3.51. The monoisotopic (exact) mass is 514 g/mol. The summed E-state index contributed by atoms with van der Waals surface area (Å²) in [6.45, 7) is 11.3. The van der Waals surface area contributed by atoms with Crippen molar-refractivity contribution in [2.24, 2.45) is 5.73 Å². The molecule has 1 aromatic rings. The second-order valence-corrected chi connectivity index (χ2v) is 10.0. The average Bonchev–Trinajstić information content (AvgIpc) is 2.83. The molecule has 0 saturated heterocycles. The van der Waals surface area contributed by atoms with E-state index in [1.807, 2.05) is 20.8 Å². The highest BCUT2D eigenvalue weighted by molar-refractivity contribution is 5.92. The summed E-state index contributed by atoms with van der Waals surface area (Å²) in [6, 6.07) is 4.38. The van der Waals surface area contributed by atoms with Gasteiger partial charge in [0.1, 0.15) is 17.7 Å². The molecular formula is C28H42N4O5. The highest BCUT2D eigenvalue weighted by Gasteiger charge is 2.38. The first-order valence-electron chi connectivity index (χ1n) is 12.8. The number of amides is 4. The van der Waals surface area contributed by atoms with E-state index in [0.717, 1.165) is 12.8 Å². The molecule has 0 bridgehead atoms. The van der Waals surface area contributed by atoms with Crippen molar-refractivity contribution in [3.05, 3.63) is 35.4 Å². The summed E-state index contributed by atoms with van der Waals surface area (Å²) in [5.74, 6) is 1.07. The van der Waals surface area contributed by atoms with E-state index >= 15 is 0 Å². The van der Waals surface area contributed by atoms with Crippen LogP contribution in [-0.2, 0) is 19.1 Å². The number of hydrogen-bond acceptors (Lipinski definition) is 5. The summed E-state index contributed by atoms with van der Waals surface area (Å²) in [4.78, 5) is 53.1. The molecule has 1 rings (SSSR count). The van der Waals surface area contributed by atoms with Gasteiger partial charge in [0.15, 0.2) is 0 Å². The van der Waals surface area contributed by atoms with E-state index in [-0.39, 0.29) is 24.8 Å². The Kier molecular flexibility index (Phi) is 12.7. The number of ether oxygens (including phenoxy) is 1. The minimum Gasteiger partial charge on any atom is -0.444 e. The van der Waals surface area contributed by atoms with Crippen LogP contribution < -0.4 is 16.4 Å². The summed E-state index contributed by atoms with van der Waals surface area (Å²) in [6.07, 6.45) is 6.74. The largest absolute Gasteiger partial charge is 0.444 e. The van der Waals surface area contributed by atoms with Crippen molar-refractivity contribution in [3.8, 4) is 12.3 Å². The van der Waals surface area contributed by atoms with Crippen LogP contribution in [0.3, 0.4) is 0 Å². The van der Waals surface area contributed by atoms with Crippen LogP contribution in [0.4, 0.5) is 4.79 Å². The molecule has 0 saturated carbocycles. The first kappa shape index (κ1) is 31.5. The maximum absolute atomic E-state index is 14.0. The lowest BCUT2D eigenvalue weighted by molar-refractivity contribution is -0.145. The molecule has 4 amide bonds. The number of nitrogens with one attached hydrogen (secondary N) is 2. The third-order valence-electron chi connectivity index (χ3n) is 5.74. The van der Waals surface area contributed by atoms with E-state index < -0.39 is 35.6 Å². The predicted octanol–water partition coefficient (Wildman–Crippen LogP) is 3.41. The van der Waals surface area contributed by atoms with Crippen LogP contribution in [0, 0.1) is 12.3 Å². The van der Waals surface area contributed by atoms with Gasteiger partial charge in [0.05, 0.1) is 0 Å². The molecule has 0 heterocycles. The standard InChI is InChI=1S/C28H42N4O5/c1-8-11-18-30-25(34)24(21-14-12-20(10-3)13-15-21)32(19(4)9-2)26(35)22(16-17-23(29)33)31-27(36)37-28(5,6)7/h3,12-15,19,22,24H,8-9,11,16-18H2,1-2,4-7H3,(H2,29,33)(H,30,34)(H,31,36).